The Morgan fingerprint density at radius 3 is 2.18 bits per heavy atom. The molecular formula is C23H24BrN3O. The van der Waals surface area contributed by atoms with E-state index in [0.717, 1.165) is 35.1 Å². The summed E-state index contributed by atoms with van der Waals surface area (Å²) in [4.78, 5) is 14.0. The number of carbonyl (C=O) groups excluding carboxylic acids is 1. The summed E-state index contributed by atoms with van der Waals surface area (Å²) in [6.45, 7) is 1.88. The van der Waals surface area contributed by atoms with Gasteiger partial charge < -0.3 is 10.3 Å². The van der Waals surface area contributed by atoms with Gasteiger partial charge in [0.25, 0.3) is 0 Å². The van der Waals surface area contributed by atoms with E-state index in [1.165, 1.54) is 19.3 Å². The van der Waals surface area contributed by atoms with Crippen molar-refractivity contribution in [2.24, 2.45) is 23.2 Å². The summed E-state index contributed by atoms with van der Waals surface area (Å²) < 4.78 is 2.89. The van der Waals surface area contributed by atoms with Crippen molar-refractivity contribution in [1.82, 2.24) is 4.57 Å². The third-order valence-electron chi connectivity index (χ3n) is 7.38. The molecule has 4 aliphatic rings. The topological polar surface area (TPSA) is 71.8 Å². The van der Waals surface area contributed by atoms with E-state index in [2.05, 4.69) is 22.0 Å². The highest BCUT2D eigenvalue weighted by molar-refractivity contribution is 9.10. The molecule has 0 atom stereocenters. The molecule has 1 aromatic heterocycles. The highest BCUT2D eigenvalue weighted by Crippen LogP contribution is 2.61. The van der Waals surface area contributed by atoms with Crippen LogP contribution in [0.15, 0.2) is 28.7 Å². The molecule has 4 nitrogen and oxygen atoms in total. The highest BCUT2D eigenvalue weighted by Gasteiger charge is 2.55. The smallest absolute Gasteiger partial charge is 0.187 e. The Balaban J connectivity index is 1.67. The molecule has 2 aromatic rings. The molecule has 0 saturated heterocycles. The molecule has 1 heterocycles. The van der Waals surface area contributed by atoms with Crippen molar-refractivity contribution in [3.05, 3.63) is 45.7 Å². The lowest BCUT2D eigenvalue weighted by Crippen LogP contribution is -2.50. The molecule has 1 aromatic carbocycles. The van der Waals surface area contributed by atoms with E-state index in [9.17, 15) is 10.1 Å². The second-order valence-corrected chi connectivity index (χ2v) is 10.1. The summed E-state index contributed by atoms with van der Waals surface area (Å²) in [5.41, 5.74) is 9.07. The SMILES string of the molecule is Cc1c(C#N)c(N)c(C(=O)C23CC4CC(CC(C4)C2)C3)n1-c1ccc(Br)cc1. The molecule has 0 spiro atoms. The van der Waals surface area contributed by atoms with Crippen LogP contribution in [0.5, 0.6) is 0 Å². The van der Waals surface area contributed by atoms with Gasteiger partial charge in [-0.2, -0.15) is 5.26 Å². The van der Waals surface area contributed by atoms with Crippen LogP contribution in [0.4, 0.5) is 5.69 Å². The minimum Gasteiger partial charge on any atom is -0.396 e. The fraction of sp³-hybridized carbons (Fsp3) is 0.478. The van der Waals surface area contributed by atoms with Gasteiger partial charge in [0.2, 0.25) is 0 Å². The third kappa shape index (κ3) is 2.50. The Morgan fingerprint density at radius 1 is 1.14 bits per heavy atom. The van der Waals surface area contributed by atoms with Gasteiger partial charge in [0.15, 0.2) is 5.78 Å². The highest BCUT2D eigenvalue weighted by atomic mass is 79.9. The van der Waals surface area contributed by atoms with Gasteiger partial charge >= 0.3 is 0 Å². The van der Waals surface area contributed by atoms with Crippen molar-refractivity contribution in [2.45, 2.75) is 45.4 Å². The van der Waals surface area contributed by atoms with Crippen molar-refractivity contribution < 1.29 is 4.79 Å². The van der Waals surface area contributed by atoms with Crippen LogP contribution in [0, 0.1) is 41.4 Å². The van der Waals surface area contributed by atoms with Crippen LogP contribution >= 0.6 is 15.9 Å². The maximum Gasteiger partial charge on any atom is 0.187 e. The number of nitrogens with two attached hydrogens (primary N) is 1. The number of nitrogens with zero attached hydrogens (tertiary/aromatic N) is 2. The van der Waals surface area contributed by atoms with Crippen molar-refractivity contribution in [1.29, 1.82) is 5.26 Å². The summed E-state index contributed by atoms with van der Waals surface area (Å²) in [5.74, 6) is 2.22. The molecule has 6 rings (SSSR count). The number of rotatable bonds is 3. The molecule has 144 valence electrons. The van der Waals surface area contributed by atoms with Gasteiger partial charge in [-0.25, -0.2) is 0 Å². The fourth-order valence-electron chi connectivity index (χ4n) is 6.63. The minimum absolute atomic E-state index is 0.164. The van der Waals surface area contributed by atoms with E-state index in [-0.39, 0.29) is 11.2 Å². The largest absolute Gasteiger partial charge is 0.396 e. The average Bonchev–Trinajstić information content (AvgIpc) is 2.90. The van der Waals surface area contributed by atoms with Crippen LogP contribution in [0.25, 0.3) is 5.69 Å². The summed E-state index contributed by atoms with van der Waals surface area (Å²) in [6, 6.07) is 10.1. The first-order valence-corrected chi connectivity index (χ1v) is 10.9. The Hall–Kier alpha value is -2.06. The Bertz CT molecular complexity index is 977. The van der Waals surface area contributed by atoms with Crippen molar-refractivity contribution in [2.75, 3.05) is 5.73 Å². The zero-order valence-electron chi connectivity index (χ0n) is 16.0. The van der Waals surface area contributed by atoms with Crippen LogP contribution < -0.4 is 5.73 Å². The molecule has 0 aliphatic heterocycles. The van der Waals surface area contributed by atoms with Crippen LogP contribution in [-0.4, -0.2) is 10.4 Å². The van der Waals surface area contributed by atoms with Crippen molar-refractivity contribution in [3.63, 3.8) is 0 Å². The number of ketones is 1. The number of carbonyl (C=O) groups is 1. The second kappa shape index (κ2) is 6.22. The standard InChI is InChI=1S/C23H24BrN3O/c1-13-19(12-25)20(26)21(27(13)18-4-2-17(24)3-5-18)22(28)23-9-14-6-15(10-23)8-16(7-14)11-23/h2-5,14-16H,6-11,26H2,1H3. The van der Waals surface area contributed by atoms with Gasteiger partial charge in [0.1, 0.15) is 11.8 Å². The van der Waals surface area contributed by atoms with Crippen LogP contribution in [-0.2, 0) is 0 Å². The molecule has 5 heteroatoms. The second-order valence-electron chi connectivity index (χ2n) is 9.17. The normalized spacial score (nSPS) is 30.4. The molecule has 0 unspecified atom stereocenters. The van der Waals surface area contributed by atoms with Crippen LogP contribution in [0.2, 0.25) is 0 Å². The summed E-state index contributed by atoms with van der Waals surface area (Å²) >= 11 is 3.47. The van der Waals surface area contributed by atoms with E-state index in [1.54, 1.807) is 0 Å². The fourth-order valence-corrected chi connectivity index (χ4v) is 6.90. The van der Waals surface area contributed by atoms with E-state index in [4.69, 9.17) is 5.73 Å². The van der Waals surface area contributed by atoms with Gasteiger partial charge in [-0.1, -0.05) is 15.9 Å². The van der Waals surface area contributed by atoms with Gasteiger partial charge in [-0.3, -0.25) is 4.79 Å². The number of hydrogen-bond acceptors (Lipinski definition) is 3. The van der Waals surface area contributed by atoms with E-state index < -0.39 is 0 Å². The number of aromatic nitrogens is 1. The molecule has 4 saturated carbocycles. The van der Waals surface area contributed by atoms with Crippen molar-refractivity contribution >= 4 is 27.4 Å². The maximum atomic E-state index is 14.0. The average molecular weight is 438 g/mol. The van der Waals surface area contributed by atoms with Gasteiger partial charge in [0, 0.05) is 21.3 Å². The maximum absolute atomic E-state index is 14.0. The predicted molar refractivity (Wildman–Crippen MR) is 112 cm³/mol. The Morgan fingerprint density at radius 2 is 1.68 bits per heavy atom. The van der Waals surface area contributed by atoms with E-state index in [0.29, 0.717) is 34.7 Å². The quantitative estimate of drug-likeness (QED) is 0.652. The number of anilines is 1. The van der Waals surface area contributed by atoms with E-state index >= 15 is 0 Å². The molecule has 0 amide bonds. The minimum atomic E-state index is -0.284. The Labute approximate surface area is 173 Å². The number of nitriles is 1. The molecule has 2 N–H and O–H groups in total. The molecular weight excluding hydrogens is 414 g/mol. The third-order valence-corrected chi connectivity index (χ3v) is 7.91. The lowest BCUT2D eigenvalue weighted by molar-refractivity contribution is -0.0356. The van der Waals surface area contributed by atoms with Gasteiger partial charge in [-0.05, 0) is 87.5 Å². The molecule has 0 radical (unpaired) electrons. The monoisotopic (exact) mass is 437 g/mol. The molecule has 4 bridgehead atoms. The Kier molecular flexibility index (Phi) is 4.00. The number of nitrogen functional groups attached to an aromatic ring is 1. The first-order valence-electron chi connectivity index (χ1n) is 10.1. The van der Waals surface area contributed by atoms with E-state index in [1.807, 2.05) is 35.8 Å². The number of hydrogen-bond donors (Lipinski definition) is 1. The first kappa shape index (κ1) is 18.0. The van der Waals surface area contributed by atoms with Gasteiger partial charge in [-0.15, -0.1) is 0 Å². The lowest BCUT2D eigenvalue weighted by atomic mass is 9.48. The lowest BCUT2D eigenvalue weighted by Gasteiger charge is -2.55. The summed E-state index contributed by atoms with van der Waals surface area (Å²) in [7, 11) is 0. The zero-order chi connectivity index (χ0) is 19.6. The van der Waals surface area contributed by atoms with Crippen LogP contribution in [0.1, 0.15) is 60.3 Å². The number of Topliss-reactive ketones (excluding diaryl/α,β-unsaturated/α-hetero) is 1. The van der Waals surface area contributed by atoms with Gasteiger partial charge in [0.05, 0.1) is 11.3 Å². The molecule has 4 fully saturated rings. The predicted octanol–water partition coefficient (Wildman–Crippen LogP) is 5.40. The number of halogens is 1. The number of benzene rings is 1. The van der Waals surface area contributed by atoms with Crippen molar-refractivity contribution in [3.8, 4) is 11.8 Å². The van der Waals surface area contributed by atoms with Crippen LogP contribution in [0.3, 0.4) is 0 Å². The molecule has 4 aliphatic carbocycles. The first-order chi connectivity index (χ1) is 13.4. The zero-order valence-corrected chi connectivity index (χ0v) is 17.6. The summed E-state index contributed by atoms with van der Waals surface area (Å²) in [5, 5.41) is 9.68. The summed E-state index contributed by atoms with van der Waals surface area (Å²) in [6.07, 6.45) is 6.84. The molecule has 28 heavy (non-hydrogen) atoms.